The predicted octanol–water partition coefficient (Wildman–Crippen LogP) is 7.40. The molecule has 0 fully saturated rings. The molecule has 1 aromatic carbocycles. The van der Waals surface area contributed by atoms with Gasteiger partial charge in [0, 0.05) is 0 Å². The van der Waals surface area contributed by atoms with Gasteiger partial charge in [-0.3, -0.25) is 4.99 Å². The lowest BCUT2D eigenvalue weighted by Gasteiger charge is -2.22. The van der Waals surface area contributed by atoms with E-state index in [0.717, 1.165) is 41.7 Å². The highest BCUT2D eigenvalue weighted by atomic mass is 79.9. The van der Waals surface area contributed by atoms with E-state index in [1.807, 2.05) is 24.4 Å². The van der Waals surface area contributed by atoms with Crippen LogP contribution in [-0.4, -0.2) is 11.2 Å². The fourth-order valence-corrected chi connectivity index (χ4v) is 3.83. The molecule has 0 amide bonds. The van der Waals surface area contributed by atoms with Crippen LogP contribution in [0.1, 0.15) is 82.0 Å². The van der Waals surface area contributed by atoms with Crippen LogP contribution in [-0.2, 0) is 0 Å². The molecule has 1 aromatic heterocycles. The van der Waals surface area contributed by atoms with Crippen molar-refractivity contribution in [2.24, 2.45) is 4.99 Å². The first-order valence-corrected chi connectivity index (χ1v) is 10.2. The minimum absolute atomic E-state index is 0.553. The number of benzene rings is 1. The average Bonchev–Trinajstić information content (AvgIpc) is 2.63. The summed E-state index contributed by atoms with van der Waals surface area (Å²) in [7, 11) is 0. The van der Waals surface area contributed by atoms with Crippen LogP contribution in [0.15, 0.2) is 46.0 Å². The van der Waals surface area contributed by atoms with Gasteiger partial charge in [0.25, 0.3) is 0 Å². The zero-order valence-electron chi connectivity index (χ0n) is 15.8. The molecular formula is C22H29BrN2. The minimum Gasteiger partial charge on any atom is -0.254 e. The predicted molar refractivity (Wildman–Crippen MR) is 112 cm³/mol. The molecule has 0 saturated carbocycles. The minimum atomic E-state index is 0.553. The van der Waals surface area contributed by atoms with Crippen molar-refractivity contribution in [1.82, 2.24) is 4.98 Å². The summed E-state index contributed by atoms with van der Waals surface area (Å²) < 4.78 is 0.838. The Labute approximate surface area is 160 Å². The summed E-state index contributed by atoms with van der Waals surface area (Å²) >= 11 is 3.44. The van der Waals surface area contributed by atoms with E-state index < -0.39 is 0 Å². The molecule has 0 N–H and O–H groups in total. The molecule has 0 bridgehead atoms. The second kappa shape index (κ2) is 9.86. The summed E-state index contributed by atoms with van der Waals surface area (Å²) in [5.41, 5.74) is 4.79. The van der Waals surface area contributed by atoms with Gasteiger partial charge in [0.15, 0.2) is 0 Å². The van der Waals surface area contributed by atoms with Crippen LogP contribution in [0.2, 0.25) is 0 Å². The summed E-state index contributed by atoms with van der Waals surface area (Å²) in [5.74, 6) is 1.11. The number of rotatable bonds is 8. The Hall–Kier alpha value is -1.48. The Morgan fingerprint density at radius 1 is 0.880 bits per heavy atom. The summed E-state index contributed by atoms with van der Waals surface area (Å²) in [4.78, 5) is 9.43. The van der Waals surface area contributed by atoms with Crippen LogP contribution in [0.25, 0.3) is 0 Å². The van der Waals surface area contributed by atoms with Crippen LogP contribution < -0.4 is 0 Å². The molecule has 0 radical (unpaired) electrons. The van der Waals surface area contributed by atoms with E-state index in [2.05, 4.69) is 66.8 Å². The van der Waals surface area contributed by atoms with E-state index >= 15 is 0 Å². The van der Waals surface area contributed by atoms with Crippen molar-refractivity contribution in [3.05, 3.63) is 57.8 Å². The molecular weight excluding hydrogens is 372 g/mol. The van der Waals surface area contributed by atoms with Gasteiger partial charge in [-0.05, 0) is 76.7 Å². The fourth-order valence-electron chi connectivity index (χ4n) is 3.47. The lowest BCUT2D eigenvalue weighted by atomic mass is 9.85. The topological polar surface area (TPSA) is 25.2 Å². The molecule has 134 valence electrons. The van der Waals surface area contributed by atoms with Crippen molar-refractivity contribution < 1.29 is 0 Å². The van der Waals surface area contributed by atoms with Gasteiger partial charge in [-0.2, -0.15) is 0 Å². The Kier molecular flexibility index (Phi) is 7.83. The second-order valence-electron chi connectivity index (χ2n) is 6.46. The molecule has 1 heterocycles. The van der Waals surface area contributed by atoms with Gasteiger partial charge in [-0.1, -0.05) is 52.0 Å². The SMILES string of the molecule is CCC(CC)c1cccc(C(CC)CC)c1N=Cc1cccc(Br)n1. The molecule has 25 heavy (non-hydrogen) atoms. The number of aromatic nitrogens is 1. The molecule has 0 saturated heterocycles. The van der Waals surface area contributed by atoms with Gasteiger partial charge >= 0.3 is 0 Å². The maximum Gasteiger partial charge on any atom is 0.106 e. The van der Waals surface area contributed by atoms with Crippen LogP contribution in [0.5, 0.6) is 0 Å². The molecule has 2 nitrogen and oxygen atoms in total. The fraction of sp³-hybridized carbons (Fsp3) is 0.455. The normalized spacial score (nSPS) is 11.8. The third-order valence-electron chi connectivity index (χ3n) is 5.01. The zero-order chi connectivity index (χ0) is 18.2. The number of pyridine rings is 1. The number of hydrogen-bond donors (Lipinski definition) is 0. The Bertz CT molecular complexity index is 671. The lowest BCUT2D eigenvalue weighted by Crippen LogP contribution is -2.02. The quantitative estimate of drug-likeness (QED) is 0.334. The van der Waals surface area contributed by atoms with Crippen molar-refractivity contribution in [2.45, 2.75) is 65.2 Å². The van der Waals surface area contributed by atoms with Crippen molar-refractivity contribution in [3.63, 3.8) is 0 Å². The van der Waals surface area contributed by atoms with Crippen molar-refractivity contribution in [3.8, 4) is 0 Å². The Morgan fingerprint density at radius 2 is 1.40 bits per heavy atom. The number of hydrogen-bond acceptors (Lipinski definition) is 2. The van der Waals surface area contributed by atoms with Crippen LogP contribution in [0, 0.1) is 0 Å². The number of aliphatic imine (C=N–C) groups is 1. The van der Waals surface area contributed by atoms with E-state index in [0.29, 0.717) is 11.8 Å². The molecule has 0 spiro atoms. The van der Waals surface area contributed by atoms with Gasteiger partial charge in [-0.25, -0.2) is 4.98 Å². The van der Waals surface area contributed by atoms with Gasteiger partial charge in [-0.15, -0.1) is 0 Å². The van der Waals surface area contributed by atoms with Crippen LogP contribution in [0.4, 0.5) is 5.69 Å². The van der Waals surface area contributed by atoms with E-state index in [4.69, 9.17) is 4.99 Å². The first kappa shape index (κ1) is 19.8. The monoisotopic (exact) mass is 400 g/mol. The smallest absolute Gasteiger partial charge is 0.106 e. The van der Waals surface area contributed by atoms with E-state index in [1.54, 1.807) is 0 Å². The Morgan fingerprint density at radius 3 is 1.88 bits per heavy atom. The summed E-state index contributed by atoms with van der Waals surface area (Å²) in [6.07, 6.45) is 6.46. The van der Waals surface area contributed by atoms with Crippen molar-refractivity contribution in [1.29, 1.82) is 0 Å². The van der Waals surface area contributed by atoms with Crippen LogP contribution in [0.3, 0.4) is 0 Å². The summed E-state index contributed by atoms with van der Waals surface area (Å²) in [6, 6.07) is 12.6. The van der Waals surface area contributed by atoms with E-state index in [9.17, 15) is 0 Å². The summed E-state index contributed by atoms with van der Waals surface area (Å²) in [5, 5.41) is 0. The van der Waals surface area contributed by atoms with Crippen molar-refractivity contribution >= 4 is 27.8 Å². The first-order valence-electron chi connectivity index (χ1n) is 9.43. The molecule has 2 aromatic rings. The van der Waals surface area contributed by atoms with Crippen LogP contribution >= 0.6 is 15.9 Å². The summed E-state index contributed by atoms with van der Waals surface area (Å²) in [6.45, 7) is 9.06. The largest absolute Gasteiger partial charge is 0.254 e. The first-order chi connectivity index (χ1) is 12.1. The highest BCUT2D eigenvalue weighted by Gasteiger charge is 2.18. The number of para-hydroxylation sites is 1. The van der Waals surface area contributed by atoms with Gasteiger partial charge in [0.2, 0.25) is 0 Å². The highest BCUT2D eigenvalue weighted by Crippen LogP contribution is 2.39. The zero-order valence-corrected chi connectivity index (χ0v) is 17.4. The molecule has 0 aliphatic heterocycles. The second-order valence-corrected chi connectivity index (χ2v) is 7.27. The molecule has 3 heteroatoms. The standard InChI is InChI=1S/C22H29BrN2/c1-5-16(6-2)19-12-10-13-20(17(7-3)8-4)22(19)24-15-18-11-9-14-21(23)25-18/h9-17H,5-8H2,1-4H3. The molecule has 0 unspecified atom stereocenters. The lowest BCUT2D eigenvalue weighted by molar-refractivity contribution is 0.625. The maximum absolute atomic E-state index is 4.94. The third kappa shape index (κ3) is 5.01. The molecule has 0 aliphatic rings. The number of nitrogens with zero attached hydrogens (tertiary/aromatic N) is 2. The van der Waals surface area contributed by atoms with E-state index in [-0.39, 0.29) is 0 Å². The van der Waals surface area contributed by atoms with Gasteiger partial charge in [0.1, 0.15) is 4.60 Å². The third-order valence-corrected chi connectivity index (χ3v) is 5.45. The molecule has 2 rings (SSSR count). The van der Waals surface area contributed by atoms with Crippen molar-refractivity contribution in [2.75, 3.05) is 0 Å². The Balaban J connectivity index is 2.54. The number of halogens is 1. The van der Waals surface area contributed by atoms with Gasteiger partial charge in [0.05, 0.1) is 17.6 Å². The van der Waals surface area contributed by atoms with Gasteiger partial charge < -0.3 is 0 Å². The average molecular weight is 401 g/mol. The highest BCUT2D eigenvalue weighted by molar-refractivity contribution is 9.10. The van der Waals surface area contributed by atoms with E-state index in [1.165, 1.54) is 11.1 Å². The maximum atomic E-state index is 4.94. The molecule has 0 atom stereocenters. The molecule has 0 aliphatic carbocycles.